The average Bonchev–Trinajstić information content (AvgIpc) is 2.90. The highest BCUT2D eigenvalue weighted by atomic mass is 79.9. The second-order valence-corrected chi connectivity index (χ2v) is 7.36. The van der Waals surface area contributed by atoms with Gasteiger partial charge in [0.1, 0.15) is 5.75 Å². The summed E-state index contributed by atoms with van der Waals surface area (Å²) in [6.07, 6.45) is 2.21. The third-order valence-electron chi connectivity index (χ3n) is 4.61. The van der Waals surface area contributed by atoms with Gasteiger partial charge in [-0.1, -0.05) is 15.9 Å². The Morgan fingerprint density at radius 2 is 2.04 bits per heavy atom. The zero-order valence-electron chi connectivity index (χ0n) is 14.3. The molecule has 0 spiro atoms. The summed E-state index contributed by atoms with van der Waals surface area (Å²) >= 11 is 3.52. The number of anilines is 1. The molecule has 1 aliphatic rings. The van der Waals surface area contributed by atoms with Crippen molar-refractivity contribution in [1.82, 2.24) is 4.98 Å². The van der Waals surface area contributed by atoms with Crippen LogP contribution in [0.25, 0.3) is 22.2 Å². The number of carbonyl (C=O) groups excluding carboxylic acids is 1. The highest BCUT2D eigenvalue weighted by molar-refractivity contribution is 9.10. The van der Waals surface area contributed by atoms with Gasteiger partial charge >= 0.3 is 0 Å². The molecule has 26 heavy (non-hydrogen) atoms. The maximum atomic E-state index is 12.4. The fourth-order valence-electron chi connectivity index (χ4n) is 3.35. The van der Waals surface area contributed by atoms with Crippen LogP contribution in [0.15, 0.2) is 40.9 Å². The zero-order valence-corrected chi connectivity index (χ0v) is 15.9. The number of fused-ring (bicyclic) bond motifs is 5. The second kappa shape index (κ2) is 7.13. The average molecular weight is 414 g/mol. The normalized spacial score (nSPS) is 13.1. The number of aromatic amines is 1. The number of nitrogens with one attached hydrogen (secondary N) is 2. The van der Waals surface area contributed by atoms with E-state index in [0.717, 1.165) is 56.5 Å². The van der Waals surface area contributed by atoms with Crippen molar-refractivity contribution < 1.29 is 9.53 Å². The summed E-state index contributed by atoms with van der Waals surface area (Å²) in [4.78, 5) is 15.9. The Bertz CT molecular complexity index is 981. The van der Waals surface area contributed by atoms with E-state index in [-0.39, 0.29) is 5.91 Å². The van der Waals surface area contributed by atoms with Crippen LogP contribution in [0, 0.1) is 0 Å². The topological polar surface area (TPSA) is 80.1 Å². The van der Waals surface area contributed by atoms with Crippen LogP contribution in [0.4, 0.5) is 5.69 Å². The number of hydrogen-bond acceptors (Lipinski definition) is 3. The molecule has 1 amide bonds. The molecule has 2 aromatic carbocycles. The number of hydrogen-bond donors (Lipinski definition) is 3. The Morgan fingerprint density at radius 3 is 2.88 bits per heavy atom. The van der Waals surface area contributed by atoms with Crippen molar-refractivity contribution in [2.24, 2.45) is 5.73 Å². The Labute approximate surface area is 160 Å². The van der Waals surface area contributed by atoms with Crippen LogP contribution in [0.1, 0.15) is 18.4 Å². The summed E-state index contributed by atoms with van der Waals surface area (Å²) in [5.41, 5.74) is 10.3. The molecule has 1 aliphatic heterocycles. The molecule has 0 bridgehead atoms. The lowest BCUT2D eigenvalue weighted by atomic mass is 10.0. The highest BCUT2D eigenvalue weighted by Crippen LogP contribution is 2.39. The van der Waals surface area contributed by atoms with E-state index in [0.29, 0.717) is 19.6 Å². The molecule has 0 unspecified atom stereocenters. The standard InChI is InChI=1S/C20H20BrN3O2/c21-12-3-5-17-14(9-12)15-11-19(25)23-18-6-4-13(26-8-2-1-7-22)10-16(18)20(15)24-17/h3-6,9-10,24H,1-2,7-8,11,22H2,(H,23,25). The molecule has 4 N–H and O–H groups in total. The predicted octanol–water partition coefficient (Wildman–Crippen LogP) is 4.21. The van der Waals surface area contributed by atoms with Crippen LogP contribution in [0.5, 0.6) is 5.75 Å². The van der Waals surface area contributed by atoms with Gasteiger partial charge in [0.05, 0.1) is 24.4 Å². The van der Waals surface area contributed by atoms with E-state index < -0.39 is 0 Å². The van der Waals surface area contributed by atoms with Crippen molar-refractivity contribution in [3.8, 4) is 17.0 Å². The van der Waals surface area contributed by atoms with Gasteiger partial charge in [-0.05, 0) is 61.3 Å². The lowest BCUT2D eigenvalue weighted by Crippen LogP contribution is -2.12. The second-order valence-electron chi connectivity index (χ2n) is 6.45. The van der Waals surface area contributed by atoms with Crippen LogP contribution in [0.3, 0.4) is 0 Å². The molecular weight excluding hydrogens is 394 g/mol. The van der Waals surface area contributed by atoms with Gasteiger partial charge in [0.15, 0.2) is 0 Å². The molecule has 134 valence electrons. The van der Waals surface area contributed by atoms with Crippen molar-refractivity contribution in [2.75, 3.05) is 18.5 Å². The number of carbonyl (C=O) groups is 1. The molecule has 0 radical (unpaired) electrons. The largest absolute Gasteiger partial charge is 0.494 e. The van der Waals surface area contributed by atoms with Crippen molar-refractivity contribution >= 4 is 38.4 Å². The van der Waals surface area contributed by atoms with Crippen LogP contribution < -0.4 is 15.8 Å². The first-order valence-corrected chi connectivity index (χ1v) is 9.52. The predicted molar refractivity (Wildman–Crippen MR) is 108 cm³/mol. The first-order valence-electron chi connectivity index (χ1n) is 8.73. The number of halogens is 1. The molecule has 3 aromatic rings. The third-order valence-corrected chi connectivity index (χ3v) is 5.10. The summed E-state index contributed by atoms with van der Waals surface area (Å²) in [6.45, 7) is 1.31. The summed E-state index contributed by atoms with van der Waals surface area (Å²) < 4.78 is 6.85. The van der Waals surface area contributed by atoms with E-state index in [9.17, 15) is 4.79 Å². The SMILES string of the molecule is NCCCCOc1ccc2c(c1)-c1[nH]c3ccc(Br)cc3c1CC(=O)N2. The number of amides is 1. The molecule has 0 saturated heterocycles. The van der Waals surface area contributed by atoms with Crippen molar-refractivity contribution in [2.45, 2.75) is 19.3 Å². The minimum Gasteiger partial charge on any atom is -0.494 e. The van der Waals surface area contributed by atoms with Gasteiger partial charge in [0, 0.05) is 20.9 Å². The summed E-state index contributed by atoms with van der Waals surface area (Å²) in [7, 11) is 0. The van der Waals surface area contributed by atoms with Crippen LogP contribution in [0.2, 0.25) is 0 Å². The number of H-pyrrole nitrogens is 1. The highest BCUT2D eigenvalue weighted by Gasteiger charge is 2.23. The van der Waals surface area contributed by atoms with Crippen molar-refractivity contribution in [3.05, 3.63) is 46.4 Å². The number of benzene rings is 2. The number of unbranched alkanes of at least 4 members (excludes halogenated alkanes) is 1. The fourth-order valence-corrected chi connectivity index (χ4v) is 3.71. The van der Waals surface area contributed by atoms with Crippen molar-refractivity contribution in [3.63, 3.8) is 0 Å². The first-order chi connectivity index (χ1) is 12.7. The van der Waals surface area contributed by atoms with Gasteiger partial charge in [-0.2, -0.15) is 0 Å². The first kappa shape index (κ1) is 17.1. The molecule has 6 heteroatoms. The molecule has 2 heterocycles. The van der Waals surface area contributed by atoms with Crippen LogP contribution >= 0.6 is 15.9 Å². The minimum atomic E-state index is -0.0116. The molecule has 4 rings (SSSR count). The van der Waals surface area contributed by atoms with Gasteiger partial charge in [-0.3, -0.25) is 4.79 Å². The van der Waals surface area contributed by atoms with Gasteiger partial charge in [0.2, 0.25) is 5.91 Å². The lowest BCUT2D eigenvalue weighted by Gasteiger charge is -2.11. The van der Waals surface area contributed by atoms with Gasteiger partial charge in [-0.15, -0.1) is 0 Å². The molecule has 0 saturated carbocycles. The summed E-state index contributed by atoms with van der Waals surface area (Å²) in [5.74, 6) is 0.783. The molecule has 1 aromatic heterocycles. The Kier molecular flexibility index (Phi) is 4.70. The van der Waals surface area contributed by atoms with Gasteiger partial charge in [-0.25, -0.2) is 0 Å². The van der Waals surface area contributed by atoms with E-state index in [1.54, 1.807) is 0 Å². The van der Waals surface area contributed by atoms with Crippen LogP contribution in [-0.2, 0) is 11.2 Å². The molecular formula is C20H20BrN3O2. The number of aromatic nitrogens is 1. The van der Waals surface area contributed by atoms with E-state index in [2.05, 4.69) is 32.3 Å². The third kappa shape index (κ3) is 3.22. The molecule has 0 aliphatic carbocycles. The van der Waals surface area contributed by atoms with Crippen LogP contribution in [-0.4, -0.2) is 24.0 Å². The Balaban J connectivity index is 1.78. The maximum absolute atomic E-state index is 12.4. The zero-order chi connectivity index (χ0) is 18.1. The summed E-state index contributed by atoms with van der Waals surface area (Å²) in [5, 5.41) is 4.06. The minimum absolute atomic E-state index is 0.0116. The summed E-state index contributed by atoms with van der Waals surface area (Å²) in [6, 6.07) is 11.9. The number of rotatable bonds is 5. The smallest absolute Gasteiger partial charge is 0.228 e. The number of nitrogens with two attached hydrogens (primary N) is 1. The van der Waals surface area contributed by atoms with Crippen molar-refractivity contribution in [1.29, 1.82) is 0 Å². The van der Waals surface area contributed by atoms with E-state index >= 15 is 0 Å². The fraction of sp³-hybridized carbons (Fsp3) is 0.250. The lowest BCUT2D eigenvalue weighted by molar-refractivity contribution is -0.115. The van der Waals surface area contributed by atoms with E-state index in [1.807, 2.05) is 30.3 Å². The Morgan fingerprint density at radius 1 is 1.15 bits per heavy atom. The monoisotopic (exact) mass is 413 g/mol. The molecule has 0 fully saturated rings. The van der Waals surface area contributed by atoms with Gasteiger partial charge < -0.3 is 20.8 Å². The van der Waals surface area contributed by atoms with E-state index in [1.165, 1.54) is 0 Å². The molecule has 0 atom stereocenters. The Hall–Kier alpha value is -2.31. The van der Waals surface area contributed by atoms with E-state index in [4.69, 9.17) is 10.5 Å². The molecule has 5 nitrogen and oxygen atoms in total. The number of ether oxygens (including phenoxy) is 1. The maximum Gasteiger partial charge on any atom is 0.228 e. The van der Waals surface area contributed by atoms with Gasteiger partial charge in [0.25, 0.3) is 0 Å². The quantitative estimate of drug-likeness (QED) is 0.548.